The molecular weight excluding hydrogens is 675 g/mol. The molecule has 12 heteroatoms. The van der Waals surface area contributed by atoms with Crippen LogP contribution in [0.4, 0.5) is 0 Å². The van der Waals surface area contributed by atoms with E-state index in [1.165, 1.54) is 0 Å². The van der Waals surface area contributed by atoms with E-state index in [1.54, 1.807) is 4.52 Å². The van der Waals surface area contributed by atoms with Crippen LogP contribution < -0.4 is 0 Å². The van der Waals surface area contributed by atoms with E-state index in [4.69, 9.17) is 42.7 Å². The molecule has 2 aliphatic rings. The van der Waals surface area contributed by atoms with Gasteiger partial charge in [0, 0.05) is 50.0 Å². The van der Waals surface area contributed by atoms with Crippen LogP contribution in [-0.2, 0) is 17.9 Å². The molecule has 2 aliphatic heterocycles. The number of aromatic nitrogens is 4. The highest BCUT2D eigenvalue weighted by Gasteiger charge is 2.28. The Morgan fingerprint density at radius 1 is 0.860 bits per heavy atom. The van der Waals surface area contributed by atoms with Gasteiger partial charge in [-0.25, -0.2) is 14.5 Å². The van der Waals surface area contributed by atoms with Gasteiger partial charge in [-0.15, -0.1) is 5.10 Å². The lowest BCUT2D eigenvalue weighted by Crippen LogP contribution is -2.22. The molecule has 3 aromatic carbocycles. The SMILES string of the molecule is Cc1c(-c2nc3c(Cl)cc(CN4CC[C@@H](O)C4)cn3n2)cccc1-c1cccc(-c2nc3cc(CN4CC[C@@H](C(=O)O)C4)cc(Cl)c3o2)c1C. The number of aliphatic hydroxyl groups is 1. The molecule has 5 heterocycles. The summed E-state index contributed by atoms with van der Waals surface area (Å²) in [5, 5.41) is 25.2. The highest BCUT2D eigenvalue weighted by Crippen LogP contribution is 2.38. The van der Waals surface area contributed by atoms with Crippen molar-refractivity contribution in [2.75, 3.05) is 26.2 Å². The van der Waals surface area contributed by atoms with Crippen LogP contribution in [0.2, 0.25) is 10.0 Å². The fourth-order valence-corrected chi connectivity index (χ4v) is 7.97. The van der Waals surface area contributed by atoms with Gasteiger partial charge >= 0.3 is 5.97 Å². The van der Waals surface area contributed by atoms with E-state index in [1.807, 2.05) is 48.7 Å². The molecule has 256 valence electrons. The average molecular weight is 712 g/mol. The third-order valence-electron chi connectivity index (χ3n) is 10.1. The first-order chi connectivity index (χ1) is 24.1. The van der Waals surface area contributed by atoms with E-state index >= 15 is 0 Å². The normalized spacial score (nSPS) is 18.6. The molecule has 0 saturated carbocycles. The van der Waals surface area contributed by atoms with Gasteiger partial charge in [0.25, 0.3) is 0 Å². The van der Waals surface area contributed by atoms with Gasteiger partial charge in [-0.2, -0.15) is 0 Å². The van der Waals surface area contributed by atoms with E-state index < -0.39 is 5.97 Å². The largest absolute Gasteiger partial charge is 0.481 e. The summed E-state index contributed by atoms with van der Waals surface area (Å²) in [6.07, 6.45) is 3.11. The summed E-state index contributed by atoms with van der Waals surface area (Å²) in [6, 6.07) is 18.0. The van der Waals surface area contributed by atoms with Crippen molar-refractivity contribution in [1.82, 2.24) is 29.4 Å². The van der Waals surface area contributed by atoms with Crippen molar-refractivity contribution < 1.29 is 19.4 Å². The minimum Gasteiger partial charge on any atom is -0.481 e. The first-order valence-corrected chi connectivity index (χ1v) is 17.6. The zero-order valence-corrected chi connectivity index (χ0v) is 29.2. The Kier molecular flexibility index (Phi) is 8.61. The molecule has 50 heavy (non-hydrogen) atoms. The second-order valence-electron chi connectivity index (χ2n) is 13.5. The fourth-order valence-electron chi connectivity index (χ4n) is 7.43. The molecule has 3 aromatic heterocycles. The summed E-state index contributed by atoms with van der Waals surface area (Å²) >= 11 is 13.4. The first-order valence-electron chi connectivity index (χ1n) is 16.8. The molecule has 0 radical (unpaired) electrons. The van der Waals surface area contributed by atoms with Gasteiger partial charge in [0.2, 0.25) is 5.89 Å². The summed E-state index contributed by atoms with van der Waals surface area (Å²) in [6.45, 7) is 8.19. The molecule has 8 rings (SSSR count). The molecule has 2 fully saturated rings. The Balaban J connectivity index is 1.09. The number of oxazole rings is 1. The second kappa shape index (κ2) is 13.1. The van der Waals surface area contributed by atoms with Crippen molar-refractivity contribution in [3.8, 4) is 34.0 Å². The molecular formula is C38H36Cl2N6O4. The Morgan fingerprint density at radius 2 is 1.52 bits per heavy atom. The van der Waals surface area contributed by atoms with E-state index in [2.05, 4.69) is 35.8 Å². The van der Waals surface area contributed by atoms with E-state index in [9.17, 15) is 15.0 Å². The Bertz CT molecular complexity index is 2280. The zero-order chi connectivity index (χ0) is 34.7. The molecule has 2 saturated heterocycles. The lowest BCUT2D eigenvalue weighted by molar-refractivity contribution is -0.141. The van der Waals surface area contributed by atoms with Crippen LogP contribution in [-0.4, -0.2) is 77.8 Å². The summed E-state index contributed by atoms with van der Waals surface area (Å²) in [5.41, 5.74) is 9.66. The number of pyridine rings is 1. The Morgan fingerprint density at radius 3 is 2.24 bits per heavy atom. The molecule has 6 aromatic rings. The predicted molar refractivity (Wildman–Crippen MR) is 193 cm³/mol. The lowest BCUT2D eigenvalue weighted by Gasteiger charge is -2.15. The molecule has 0 aliphatic carbocycles. The van der Waals surface area contributed by atoms with Gasteiger partial charge in [-0.1, -0.05) is 53.5 Å². The highest BCUT2D eigenvalue weighted by molar-refractivity contribution is 6.34. The first kappa shape index (κ1) is 32.9. The standard InChI is InChI=1S/C38H36Cl2N6O4/c1-21-27(5-3-7-29(21)35-42-36-32(40)14-24(18-46(36)43-35)17-45-12-10-26(47)20-45)28-6-4-8-30(22(28)2)37-41-33-15-23(13-31(39)34(33)50-37)16-44-11-9-25(19-44)38(48)49/h3-8,13-15,18,25-26,47H,9-12,16-17,19-20H2,1-2H3,(H,48,49)/t25-,26-/m1/s1. The monoisotopic (exact) mass is 710 g/mol. The summed E-state index contributed by atoms with van der Waals surface area (Å²) in [4.78, 5) is 25.5. The lowest BCUT2D eigenvalue weighted by atomic mass is 9.91. The third-order valence-corrected chi connectivity index (χ3v) is 10.6. The van der Waals surface area contributed by atoms with Gasteiger partial charge in [0.1, 0.15) is 5.52 Å². The summed E-state index contributed by atoms with van der Waals surface area (Å²) < 4.78 is 8.02. The minimum atomic E-state index is -0.747. The number of fused-ring (bicyclic) bond motifs is 2. The van der Waals surface area contributed by atoms with Crippen LogP contribution in [0.15, 0.2) is 65.2 Å². The maximum absolute atomic E-state index is 11.4. The number of nitrogens with zero attached hydrogens (tertiary/aromatic N) is 6. The molecule has 2 atom stereocenters. The maximum Gasteiger partial charge on any atom is 0.307 e. The minimum absolute atomic E-state index is 0.281. The Hall–Kier alpha value is -4.32. The van der Waals surface area contributed by atoms with Gasteiger partial charge in [-0.05, 0) is 90.9 Å². The molecule has 0 amide bonds. The van der Waals surface area contributed by atoms with Crippen LogP contribution in [0.25, 0.3) is 50.7 Å². The number of hydrogen-bond donors (Lipinski definition) is 2. The van der Waals surface area contributed by atoms with Gasteiger partial charge < -0.3 is 14.6 Å². The highest BCUT2D eigenvalue weighted by atomic mass is 35.5. The van der Waals surface area contributed by atoms with Crippen molar-refractivity contribution >= 4 is 45.9 Å². The smallest absolute Gasteiger partial charge is 0.307 e. The topological polar surface area (TPSA) is 120 Å². The maximum atomic E-state index is 11.4. The number of hydrogen-bond acceptors (Lipinski definition) is 8. The molecule has 0 unspecified atom stereocenters. The summed E-state index contributed by atoms with van der Waals surface area (Å²) in [7, 11) is 0. The van der Waals surface area contributed by atoms with Crippen LogP contribution >= 0.6 is 23.2 Å². The van der Waals surface area contributed by atoms with Crippen molar-refractivity contribution in [3.05, 3.63) is 93.1 Å². The third kappa shape index (κ3) is 6.16. The van der Waals surface area contributed by atoms with Gasteiger partial charge in [0.15, 0.2) is 17.1 Å². The summed E-state index contributed by atoms with van der Waals surface area (Å²) in [5.74, 6) is -0.0130. The van der Waals surface area contributed by atoms with Crippen molar-refractivity contribution in [2.45, 2.75) is 45.9 Å². The number of carboxylic acid groups (broad SMARTS) is 1. The van der Waals surface area contributed by atoms with E-state index in [0.717, 1.165) is 64.0 Å². The second-order valence-corrected chi connectivity index (χ2v) is 14.4. The number of rotatable bonds is 8. The van der Waals surface area contributed by atoms with E-state index in [0.29, 0.717) is 71.1 Å². The number of benzene rings is 3. The predicted octanol–water partition coefficient (Wildman–Crippen LogP) is 7.27. The quantitative estimate of drug-likeness (QED) is 0.168. The number of likely N-dealkylation sites (tertiary alicyclic amines) is 2. The molecule has 2 N–H and O–H groups in total. The Labute approximate surface area is 298 Å². The molecule has 0 bridgehead atoms. The van der Waals surface area contributed by atoms with Crippen LogP contribution in [0.1, 0.15) is 35.1 Å². The number of aliphatic carboxylic acids is 1. The van der Waals surface area contributed by atoms with Crippen LogP contribution in [0.5, 0.6) is 0 Å². The van der Waals surface area contributed by atoms with Crippen molar-refractivity contribution in [2.24, 2.45) is 5.92 Å². The van der Waals surface area contributed by atoms with Crippen molar-refractivity contribution in [3.63, 3.8) is 0 Å². The number of halogens is 2. The average Bonchev–Trinajstić information content (AvgIpc) is 3.89. The van der Waals surface area contributed by atoms with Crippen molar-refractivity contribution in [1.29, 1.82) is 0 Å². The van der Waals surface area contributed by atoms with Gasteiger partial charge in [0.05, 0.1) is 22.1 Å². The van der Waals surface area contributed by atoms with Crippen LogP contribution in [0, 0.1) is 19.8 Å². The molecule has 10 nitrogen and oxygen atoms in total. The van der Waals surface area contributed by atoms with Crippen LogP contribution in [0.3, 0.4) is 0 Å². The fraction of sp³-hybridized carbons (Fsp3) is 0.316. The number of aliphatic hydroxyl groups excluding tert-OH is 1. The van der Waals surface area contributed by atoms with Gasteiger partial charge in [-0.3, -0.25) is 14.6 Å². The number of carboxylic acids is 1. The molecule has 0 spiro atoms. The number of β-amino-alcohol motifs (C(OH)–C–C–N with tert-alkyl or cyclic N) is 1. The zero-order valence-electron chi connectivity index (χ0n) is 27.7. The number of carbonyl (C=O) groups is 1. The van der Waals surface area contributed by atoms with E-state index in [-0.39, 0.29) is 12.0 Å².